The number of aryl methyl sites for hydroxylation is 1. The van der Waals surface area contributed by atoms with Gasteiger partial charge in [-0.1, -0.05) is 6.92 Å². The number of hydrogen-bond acceptors (Lipinski definition) is 4. The van der Waals surface area contributed by atoms with Crippen LogP contribution in [0.1, 0.15) is 26.2 Å². The highest BCUT2D eigenvalue weighted by Crippen LogP contribution is 2.21. The molecule has 90 valence electrons. The second-order valence-corrected chi connectivity index (χ2v) is 3.71. The van der Waals surface area contributed by atoms with Crippen LogP contribution in [0, 0.1) is 0 Å². The molecule has 2 rings (SSSR count). The Bertz CT molecular complexity index is 463. The van der Waals surface area contributed by atoms with Crippen molar-refractivity contribution in [3.63, 3.8) is 0 Å². The largest absolute Gasteiger partial charge is 0.494 e. The quantitative estimate of drug-likeness (QED) is 0.794. The summed E-state index contributed by atoms with van der Waals surface area (Å²) in [4.78, 5) is 0. The maximum atomic E-state index is 5.55. The Kier molecular flexibility index (Phi) is 3.75. The molecule has 0 spiro atoms. The molecule has 0 bridgehead atoms. The van der Waals surface area contributed by atoms with Crippen LogP contribution in [0.2, 0.25) is 0 Å². The molecule has 17 heavy (non-hydrogen) atoms. The highest BCUT2D eigenvalue weighted by molar-refractivity contribution is 5.53. The van der Waals surface area contributed by atoms with Gasteiger partial charge in [-0.3, -0.25) is 0 Å². The topological polar surface area (TPSA) is 48.2 Å². The van der Waals surface area contributed by atoms with E-state index in [0.717, 1.165) is 24.2 Å². The van der Waals surface area contributed by atoms with Crippen molar-refractivity contribution in [2.75, 3.05) is 6.61 Å². The Morgan fingerprint density at radius 1 is 1.12 bits per heavy atom. The smallest absolute Gasteiger partial charge is 0.247 e. The third-order valence-corrected chi connectivity index (χ3v) is 2.34. The lowest BCUT2D eigenvalue weighted by molar-refractivity contribution is 0.340. The zero-order chi connectivity index (χ0) is 12.1. The van der Waals surface area contributed by atoms with E-state index in [4.69, 9.17) is 9.15 Å². The summed E-state index contributed by atoms with van der Waals surface area (Å²) in [6, 6.07) is 7.66. The van der Waals surface area contributed by atoms with Crippen LogP contribution < -0.4 is 4.74 Å². The molecule has 0 N–H and O–H groups in total. The fourth-order valence-electron chi connectivity index (χ4n) is 1.55. The highest BCUT2D eigenvalue weighted by atomic mass is 16.5. The van der Waals surface area contributed by atoms with E-state index < -0.39 is 0 Å². The van der Waals surface area contributed by atoms with Gasteiger partial charge in [0, 0.05) is 12.0 Å². The summed E-state index contributed by atoms with van der Waals surface area (Å²) in [5, 5.41) is 8.02. The van der Waals surface area contributed by atoms with Crippen LogP contribution in [0.3, 0.4) is 0 Å². The summed E-state index contributed by atoms with van der Waals surface area (Å²) in [5.74, 6) is 2.11. The first-order valence-electron chi connectivity index (χ1n) is 5.89. The summed E-state index contributed by atoms with van der Waals surface area (Å²) < 4.78 is 10.9. The van der Waals surface area contributed by atoms with E-state index in [-0.39, 0.29) is 0 Å². The molecule has 0 aliphatic carbocycles. The third-order valence-electron chi connectivity index (χ3n) is 2.34. The number of benzene rings is 1. The Morgan fingerprint density at radius 3 is 2.53 bits per heavy atom. The average Bonchev–Trinajstić information content (AvgIpc) is 2.80. The summed E-state index contributed by atoms with van der Waals surface area (Å²) in [6.07, 6.45) is 1.83. The van der Waals surface area contributed by atoms with Crippen molar-refractivity contribution >= 4 is 0 Å². The van der Waals surface area contributed by atoms with E-state index in [2.05, 4.69) is 17.1 Å². The fraction of sp³-hybridized carbons (Fsp3) is 0.385. The van der Waals surface area contributed by atoms with Crippen molar-refractivity contribution in [1.29, 1.82) is 0 Å². The Labute approximate surface area is 101 Å². The molecule has 0 unspecified atom stereocenters. The van der Waals surface area contributed by atoms with Crippen LogP contribution in [-0.2, 0) is 6.42 Å². The van der Waals surface area contributed by atoms with Gasteiger partial charge in [0.2, 0.25) is 11.8 Å². The molecule has 1 aromatic heterocycles. The van der Waals surface area contributed by atoms with E-state index in [1.54, 1.807) is 0 Å². The van der Waals surface area contributed by atoms with Crippen molar-refractivity contribution in [1.82, 2.24) is 10.2 Å². The Balaban J connectivity index is 2.15. The van der Waals surface area contributed by atoms with Gasteiger partial charge in [-0.25, -0.2) is 0 Å². The molecular formula is C13H16N2O2. The van der Waals surface area contributed by atoms with Crippen LogP contribution in [0.15, 0.2) is 28.7 Å². The molecule has 0 fully saturated rings. The molecule has 0 atom stereocenters. The zero-order valence-electron chi connectivity index (χ0n) is 10.1. The molecule has 0 aliphatic rings. The van der Waals surface area contributed by atoms with Gasteiger partial charge in [0.1, 0.15) is 5.75 Å². The maximum absolute atomic E-state index is 5.55. The second kappa shape index (κ2) is 5.48. The van der Waals surface area contributed by atoms with Crippen molar-refractivity contribution < 1.29 is 9.15 Å². The van der Waals surface area contributed by atoms with Crippen LogP contribution in [0.4, 0.5) is 0 Å². The zero-order valence-corrected chi connectivity index (χ0v) is 10.1. The van der Waals surface area contributed by atoms with Crippen molar-refractivity contribution in [3.05, 3.63) is 30.2 Å². The molecule has 0 radical (unpaired) electrons. The van der Waals surface area contributed by atoms with Gasteiger partial charge in [-0.05, 0) is 37.6 Å². The third kappa shape index (κ3) is 2.84. The van der Waals surface area contributed by atoms with E-state index >= 15 is 0 Å². The van der Waals surface area contributed by atoms with Gasteiger partial charge in [0.25, 0.3) is 0 Å². The summed E-state index contributed by atoms with van der Waals surface area (Å²) in [6.45, 7) is 4.71. The van der Waals surface area contributed by atoms with Gasteiger partial charge in [0.15, 0.2) is 0 Å². The van der Waals surface area contributed by atoms with Gasteiger partial charge in [0.05, 0.1) is 6.61 Å². The molecule has 4 nitrogen and oxygen atoms in total. The Morgan fingerprint density at radius 2 is 1.88 bits per heavy atom. The number of hydrogen-bond donors (Lipinski definition) is 0. The molecule has 4 heteroatoms. The number of aromatic nitrogens is 2. The lowest BCUT2D eigenvalue weighted by Crippen LogP contribution is -1.90. The van der Waals surface area contributed by atoms with Crippen LogP contribution in [-0.4, -0.2) is 16.8 Å². The van der Waals surface area contributed by atoms with Gasteiger partial charge < -0.3 is 9.15 Å². The number of rotatable bonds is 5. The van der Waals surface area contributed by atoms with Gasteiger partial charge in [-0.15, -0.1) is 10.2 Å². The van der Waals surface area contributed by atoms with Crippen molar-refractivity contribution in [2.45, 2.75) is 26.7 Å². The fourth-order valence-corrected chi connectivity index (χ4v) is 1.55. The molecule has 1 aromatic carbocycles. The Hall–Kier alpha value is -1.84. The average molecular weight is 232 g/mol. The van der Waals surface area contributed by atoms with Crippen LogP contribution in [0.5, 0.6) is 5.75 Å². The van der Waals surface area contributed by atoms with Crippen molar-refractivity contribution in [2.24, 2.45) is 0 Å². The normalized spacial score (nSPS) is 10.5. The van der Waals surface area contributed by atoms with Crippen LogP contribution >= 0.6 is 0 Å². The lowest BCUT2D eigenvalue weighted by Gasteiger charge is -2.02. The first-order chi connectivity index (χ1) is 8.33. The molecule has 1 heterocycles. The molecule has 0 saturated carbocycles. The van der Waals surface area contributed by atoms with E-state index in [9.17, 15) is 0 Å². The monoisotopic (exact) mass is 232 g/mol. The minimum atomic E-state index is 0.566. The van der Waals surface area contributed by atoms with Crippen LogP contribution in [0.25, 0.3) is 11.5 Å². The lowest BCUT2D eigenvalue weighted by atomic mass is 10.2. The number of nitrogens with zero attached hydrogens (tertiary/aromatic N) is 2. The second-order valence-electron chi connectivity index (χ2n) is 3.71. The maximum Gasteiger partial charge on any atom is 0.247 e. The summed E-state index contributed by atoms with van der Waals surface area (Å²) >= 11 is 0. The SMILES string of the molecule is CCCc1nnc(-c2ccc(OCC)cc2)o1. The standard InChI is InChI=1S/C13H16N2O2/c1-3-5-12-14-15-13(17-12)10-6-8-11(9-7-10)16-4-2/h6-9H,3-5H2,1-2H3. The minimum Gasteiger partial charge on any atom is -0.494 e. The van der Waals surface area contributed by atoms with E-state index in [0.29, 0.717) is 18.4 Å². The number of ether oxygens (including phenoxy) is 1. The highest BCUT2D eigenvalue weighted by Gasteiger charge is 2.07. The molecule has 0 aliphatic heterocycles. The van der Waals surface area contributed by atoms with E-state index in [1.165, 1.54) is 0 Å². The van der Waals surface area contributed by atoms with Gasteiger partial charge in [-0.2, -0.15) is 0 Å². The molecule has 0 amide bonds. The molecular weight excluding hydrogens is 216 g/mol. The first-order valence-corrected chi connectivity index (χ1v) is 5.89. The summed E-state index contributed by atoms with van der Waals surface area (Å²) in [5.41, 5.74) is 0.920. The summed E-state index contributed by atoms with van der Waals surface area (Å²) in [7, 11) is 0. The van der Waals surface area contributed by atoms with Gasteiger partial charge >= 0.3 is 0 Å². The predicted octanol–water partition coefficient (Wildman–Crippen LogP) is 3.09. The minimum absolute atomic E-state index is 0.566. The predicted molar refractivity (Wildman–Crippen MR) is 64.9 cm³/mol. The van der Waals surface area contributed by atoms with E-state index in [1.807, 2.05) is 31.2 Å². The van der Waals surface area contributed by atoms with Crippen molar-refractivity contribution in [3.8, 4) is 17.2 Å². The molecule has 0 saturated heterocycles. The first kappa shape index (κ1) is 11.6. The molecule has 2 aromatic rings.